The third kappa shape index (κ3) is 2.66. The Bertz CT molecular complexity index is 348. The Morgan fingerprint density at radius 3 is 2.78 bits per heavy atom. The molecule has 2 heterocycles. The monoisotopic (exact) mass is 254 g/mol. The van der Waals surface area contributed by atoms with E-state index >= 15 is 0 Å². The molecule has 102 valence electrons. The van der Waals surface area contributed by atoms with Gasteiger partial charge in [-0.1, -0.05) is 13.8 Å². The van der Waals surface area contributed by atoms with Gasteiger partial charge in [-0.05, 0) is 25.7 Å². The van der Waals surface area contributed by atoms with E-state index < -0.39 is 6.04 Å². The minimum atomic E-state index is -0.392. The van der Waals surface area contributed by atoms with Crippen LogP contribution in [0, 0.1) is 5.92 Å². The molecule has 0 spiro atoms. The molecule has 2 fully saturated rings. The Labute approximate surface area is 108 Å². The van der Waals surface area contributed by atoms with Gasteiger partial charge in [0.15, 0.2) is 0 Å². The maximum atomic E-state index is 12.3. The SMILES string of the molecule is CC(C)C1NC(=O)CN(CC2(C)CCCO2)C1=O. The van der Waals surface area contributed by atoms with Gasteiger partial charge < -0.3 is 15.0 Å². The van der Waals surface area contributed by atoms with Crippen molar-refractivity contribution in [2.24, 2.45) is 5.92 Å². The Hall–Kier alpha value is -1.10. The highest BCUT2D eigenvalue weighted by atomic mass is 16.5. The molecule has 2 aliphatic rings. The second-order valence-electron chi connectivity index (χ2n) is 5.89. The van der Waals surface area contributed by atoms with E-state index in [4.69, 9.17) is 4.74 Å². The highest BCUT2D eigenvalue weighted by molar-refractivity contribution is 5.95. The summed E-state index contributed by atoms with van der Waals surface area (Å²) in [6, 6.07) is -0.392. The van der Waals surface area contributed by atoms with E-state index in [2.05, 4.69) is 5.32 Å². The van der Waals surface area contributed by atoms with Gasteiger partial charge in [-0.2, -0.15) is 0 Å². The second kappa shape index (κ2) is 4.88. The van der Waals surface area contributed by atoms with Crippen molar-refractivity contribution in [3.05, 3.63) is 0 Å². The largest absolute Gasteiger partial charge is 0.373 e. The van der Waals surface area contributed by atoms with E-state index in [0.29, 0.717) is 6.54 Å². The highest BCUT2D eigenvalue weighted by Gasteiger charge is 2.39. The molecule has 2 saturated heterocycles. The molecule has 2 aliphatic heterocycles. The molecule has 0 aromatic heterocycles. The second-order valence-corrected chi connectivity index (χ2v) is 5.89. The number of rotatable bonds is 3. The molecule has 5 nitrogen and oxygen atoms in total. The van der Waals surface area contributed by atoms with Crippen LogP contribution in [0.4, 0.5) is 0 Å². The van der Waals surface area contributed by atoms with Crippen LogP contribution in [0.1, 0.15) is 33.6 Å². The van der Waals surface area contributed by atoms with Gasteiger partial charge in [0.2, 0.25) is 11.8 Å². The summed E-state index contributed by atoms with van der Waals surface area (Å²) < 4.78 is 5.70. The summed E-state index contributed by atoms with van der Waals surface area (Å²) in [7, 11) is 0. The number of carbonyl (C=O) groups excluding carboxylic acids is 2. The number of nitrogens with one attached hydrogen (secondary N) is 1. The summed E-state index contributed by atoms with van der Waals surface area (Å²) in [5.41, 5.74) is -0.283. The number of piperazine rings is 1. The molecule has 0 aromatic carbocycles. The fourth-order valence-electron chi connectivity index (χ4n) is 2.68. The van der Waals surface area contributed by atoms with Crippen molar-refractivity contribution in [2.45, 2.75) is 45.3 Å². The van der Waals surface area contributed by atoms with Gasteiger partial charge >= 0.3 is 0 Å². The van der Waals surface area contributed by atoms with E-state index in [1.807, 2.05) is 20.8 Å². The zero-order chi connectivity index (χ0) is 13.3. The molecule has 2 amide bonds. The Morgan fingerprint density at radius 1 is 1.50 bits per heavy atom. The van der Waals surface area contributed by atoms with Crippen molar-refractivity contribution in [1.82, 2.24) is 10.2 Å². The predicted octanol–water partition coefficient (Wildman–Crippen LogP) is 0.538. The maximum Gasteiger partial charge on any atom is 0.245 e. The molecule has 18 heavy (non-hydrogen) atoms. The van der Waals surface area contributed by atoms with Crippen molar-refractivity contribution in [3.63, 3.8) is 0 Å². The zero-order valence-electron chi connectivity index (χ0n) is 11.4. The average Bonchev–Trinajstić information content (AvgIpc) is 2.69. The van der Waals surface area contributed by atoms with Crippen LogP contribution >= 0.6 is 0 Å². The number of hydrogen-bond acceptors (Lipinski definition) is 3. The van der Waals surface area contributed by atoms with E-state index in [9.17, 15) is 9.59 Å². The smallest absolute Gasteiger partial charge is 0.245 e. The summed E-state index contributed by atoms with van der Waals surface area (Å²) in [5.74, 6) is 0.0535. The van der Waals surface area contributed by atoms with Crippen molar-refractivity contribution >= 4 is 11.8 Å². The zero-order valence-corrected chi connectivity index (χ0v) is 11.4. The van der Waals surface area contributed by atoms with Crippen LogP contribution in [-0.4, -0.2) is 48.1 Å². The van der Waals surface area contributed by atoms with E-state index in [1.54, 1.807) is 4.90 Å². The first kappa shape index (κ1) is 13.3. The number of carbonyl (C=O) groups is 2. The summed E-state index contributed by atoms with van der Waals surface area (Å²) >= 11 is 0. The molecule has 0 saturated carbocycles. The van der Waals surface area contributed by atoms with E-state index in [1.165, 1.54) is 0 Å². The molecule has 2 unspecified atom stereocenters. The third-order valence-electron chi connectivity index (χ3n) is 3.72. The molecule has 0 radical (unpaired) electrons. The van der Waals surface area contributed by atoms with Gasteiger partial charge in [-0.3, -0.25) is 9.59 Å². The van der Waals surface area contributed by atoms with Crippen molar-refractivity contribution in [1.29, 1.82) is 0 Å². The van der Waals surface area contributed by atoms with Crippen molar-refractivity contribution in [2.75, 3.05) is 19.7 Å². The van der Waals surface area contributed by atoms with Crippen LogP contribution in [0.15, 0.2) is 0 Å². The molecular formula is C13H22N2O3. The maximum absolute atomic E-state index is 12.3. The molecule has 0 bridgehead atoms. The first-order valence-electron chi connectivity index (χ1n) is 6.63. The van der Waals surface area contributed by atoms with Crippen LogP contribution in [0.3, 0.4) is 0 Å². The van der Waals surface area contributed by atoms with Gasteiger partial charge in [-0.15, -0.1) is 0 Å². The first-order chi connectivity index (χ1) is 8.41. The minimum Gasteiger partial charge on any atom is -0.373 e. The predicted molar refractivity (Wildman–Crippen MR) is 66.9 cm³/mol. The molecule has 2 atom stereocenters. The van der Waals surface area contributed by atoms with Gasteiger partial charge in [0, 0.05) is 6.61 Å². The summed E-state index contributed by atoms with van der Waals surface area (Å²) in [4.78, 5) is 25.6. The van der Waals surface area contributed by atoms with Gasteiger partial charge in [0.05, 0.1) is 18.7 Å². The Kier molecular flexibility index (Phi) is 3.61. The van der Waals surface area contributed by atoms with Crippen molar-refractivity contribution < 1.29 is 14.3 Å². The Morgan fingerprint density at radius 2 is 2.22 bits per heavy atom. The normalized spacial score (nSPS) is 33.1. The summed E-state index contributed by atoms with van der Waals surface area (Å²) in [5, 5.41) is 2.76. The lowest BCUT2D eigenvalue weighted by Gasteiger charge is -2.38. The number of nitrogens with zero attached hydrogens (tertiary/aromatic N) is 1. The first-order valence-corrected chi connectivity index (χ1v) is 6.63. The highest BCUT2D eigenvalue weighted by Crippen LogP contribution is 2.27. The molecule has 5 heteroatoms. The van der Waals surface area contributed by atoms with Gasteiger partial charge in [0.1, 0.15) is 6.04 Å². The van der Waals surface area contributed by atoms with Crippen molar-refractivity contribution in [3.8, 4) is 0 Å². The van der Waals surface area contributed by atoms with Crippen LogP contribution in [0.2, 0.25) is 0 Å². The van der Waals surface area contributed by atoms with Crippen LogP contribution < -0.4 is 5.32 Å². The number of hydrogen-bond donors (Lipinski definition) is 1. The van der Waals surface area contributed by atoms with Crippen LogP contribution in [0.25, 0.3) is 0 Å². The average molecular weight is 254 g/mol. The van der Waals surface area contributed by atoms with Gasteiger partial charge in [0.25, 0.3) is 0 Å². The van der Waals surface area contributed by atoms with Crippen LogP contribution in [-0.2, 0) is 14.3 Å². The fourth-order valence-corrected chi connectivity index (χ4v) is 2.68. The van der Waals surface area contributed by atoms with Gasteiger partial charge in [-0.25, -0.2) is 0 Å². The van der Waals surface area contributed by atoms with Crippen LogP contribution in [0.5, 0.6) is 0 Å². The minimum absolute atomic E-state index is 0.0151. The summed E-state index contributed by atoms with van der Waals surface area (Å²) in [6.07, 6.45) is 1.98. The van der Waals surface area contributed by atoms with E-state index in [-0.39, 0.29) is 29.9 Å². The lowest BCUT2D eigenvalue weighted by molar-refractivity contribution is -0.148. The number of amides is 2. The molecule has 0 aromatic rings. The Balaban J connectivity index is 2.06. The lowest BCUT2D eigenvalue weighted by Crippen LogP contribution is -2.62. The standard InChI is InChI=1S/C13H22N2O3/c1-9(2)11-12(17)15(7-10(16)14-11)8-13(3)5-4-6-18-13/h9,11H,4-8H2,1-3H3,(H,14,16). The quantitative estimate of drug-likeness (QED) is 0.799. The number of ether oxygens (including phenoxy) is 1. The molecule has 0 aliphatic carbocycles. The molecule has 1 N–H and O–H groups in total. The molecular weight excluding hydrogens is 232 g/mol. The summed E-state index contributed by atoms with van der Waals surface area (Å²) in [6.45, 7) is 7.33. The third-order valence-corrected chi connectivity index (χ3v) is 3.72. The topological polar surface area (TPSA) is 58.6 Å². The lowest BCUT2D eigenvalue weighted by atomic mass is 9.97. The van der Waals surface area contributed by atoms with E-state index in [0.717, 1.165) is 19.4 Å². The molecule has 2 rings (SSSR count). The fraction of sp³-hybridized carbons (Fsp3) is 0.846.